The van der Waals surface area contributed by atoms with Gasteiger partial charge in [-0.2, -0.15) is 0 Å². The Balaban J connectivity index is 3.18. The van der Waals surface area contributed by atoms with E-state index in [1.165, 1.54) is 9.21 Å². The fourth-order valence-electron chi connectivity index (χ4n) is 0.451. The van der Waals surface area contributed by atoms with Gasteiger partial charge >= 0.3 is 0 Å². The van der Waals surface area contributed by atoms with E-state index in [2.05, 4.69) is 28.1 Å². The average Bonchev–Trinajstić information content (AvgIpc) is 1.88. The van der Waals surface area contributed by atoms with Gasteiger partial charge in [0.05, 0.1) is 21.9 Å². The normalized spacial score (nSPS) is 13.7. The van der Waals surface area contributed by atoms with Crippen molar-refractivity contribution in [2.45, 2.75) is 19.4 Å². The first-order chi connectivity index (χ1) is 4.35. The van der Waals surface area contributed by atoms with Crippen LogP contribution in [0, 0.1) is 0 Å². The topological polar surface area (TPSA) is 18.5 Å². The summed E-state index contributed by atoms with van der Waals surface area (Å²) >= 11 is 2.10. The van der Waals surface area contributed by atoms with Crippen molar-refractivity contribution in [3.8, 4) is 0 Å². The number of methoxy groups -OCH3 is 1. The Morgan fingerprint density at radius 1 is 1.67 bits per heavy atom. The number of hydrogen-bond acceptors (Lipinski definition) is 3. The van der Waals surface area contributed by atoms with Crippen LogP contribution in [0.25, 0.3) is 0 Å². The van der Waals surface area contributed by atoms with Crippen molar-refractivity contribution in [2.24, 2.45) is 0 Å². The van der Waals surface area contributed by atoms with Gasteiger partial charge < -0.3 is 4.74 Å². The third-order valence-corrected chi connectivity index (χ3v) is 1.95. The van der Waals surface area contributed by atoms with Gasteiger partial charge in [-0.1, -0.05) is 6.92 Å². The molecule has 0 aliphatic carbocycles. The van der Waals surface area contributed by atoms with Crippen molar-refractivity contribution < 1.29 is 8.92 Å². The largest absolute Gasteiger partial charge is 0.382 e. The van der Waals surface area contributed by atoms with Crippen molar-refractivity contribution in [3.63, 3.8) is 0 Å². The lowest BCUT2D eigenvalue weighted by atomic mass is 10.3. The monoisotopic (exact) mass is 262 g/mol. The van der Waals surface area contributed by atoms with Crippen LogP contribution in [0.1, 0.15) is 13.3 Å². The minimum absolute atomic E-state index is 0.247. The summed E-state index contributed by atoms with van der Waals surface area (Å²) in [5.74, 6) is 0. The van der Waals surface area contributed by atoms with Gasteiger partial charge in [0, 0.05) is 28.3 Å². The molecule has 4 heteroatoms. The number of halogens is 1. The lowest BCUT2D eigenvalue weighted by Gasteiger charge is -2.10. The first kappa shape index (κ1) is 10.0. The number of rotatable bonds is 5. The smallest absolute Gasteiger partial charge is 0.0962 e. The molecule has 2 nitrogen and oxygen atoms in total. The van der Waals surface area contributed by atoms with Crippen molar-refractivity contribution in [1.82, 2.24) is 0 Å². The van der Waals surface area contributed by atoms with Crippen LogP contribution < -0.4 is 0 Å². The quantitative estimate of drug-likeness (QED) is 0.560. The molecule has 0 radical (unpaired) electrons. The van der Waals surface area contributed by atoms with E-state index >= 15 is 0 Å². The molecule has 0 heterocycles. The second-order valence-corrected chi connectivity index (χ2v) is 3.04. The summed E-state index contributed by atoms with van der Waals surface area (Å²) in [5.41, 5.74) is 0. The second kappa shape index (κ2) is 7.11. The van der Waals surface area contributed by atoms with Crippen LogP contribution in [0.15, 0.2) is 0 Å². The first-order valence-electron chi connectivity index (χ1n) is 2.78. The summed E-state index contributed by atoms with van der Waals surface area (Å²) in [6.45, 7) is 2.77. The molecule has 0 saturated carbocycles. The molecule has 0 bridgehead atoms. The van der Waals surface area contributed by atoms with Gasteiger partial charge in [0.25, 0.3) is 0 Å². The Kier molecular flexibility index (Phi) is 7.90. The molecular weight excluding hydrogens is 251 g/mol. The molecule has 0 aliphatic rings. The van der Waals surface area contributed by atoms with Gasteiger partial charge in [-0.3, -0.25) is 4.18 Å². The highest BCUT2D eigenvalue weighted by molar-refractivity contribution is 14.2. The van der Waals surface area contributed by atoms with E-state index in [1.807, 2.05) is 0 Å². The van der Waals surface area contributed by atoms with E-state index in [9.17, 15) is 0 Å². The first-order valence-corrected chi connectivity index (χ1v) is 6.06. The number of ether oxygens (including phenoxy) is 1. The zero-order valence-electron chi connectivity index (χ0n) is 5.59. The second-order valence-electron chi connectivity index (χ2n) is 1.64. The minimum Gasteiger partial charge on any atom is -0.382 e. The molecule has 0 N–H and O–H groups in total. The standard InChI is InChI=1S/C5H11IO2S/c1-3-5(4-7-2)8-9-6/h5H,3-4H2,1-2H3. The predicted molar refractivity (Wildman–Crippen MR) is 48.7 cm³/mol. The molecule has 0 saturated heterocycles. The number of hydrogen-bond donors (Lipinski definition) is 0. The molecule has 0 amide bonds. The lowest BCUT2D eigenvalue weighted by Crippen LogP contribution is -2.13. The van der Waals surface area contributed by atoms with E-state index in [0.717, 1.165) is 6.42 Å². The van der Waals surface area contributed by atoms with E-state index in [-0.39, 0.29) is 6.10 Å². The predicted octanol–water partition coefficient (Wildman–Crippen LogP) is 2.43. The molecule has 0 aromatic heterocycles. The zero-order chi connectivity index (χ0) is 7.11. The molecule has 0 fully saturated rings. The highest BCUT2D eigenvalue weighted by atomic mass is 127. The molecule has 0 aliphatic heterocycles. The molecule has 9 heavy (non-hydrogen) atoms. The molecule has 0 rings (SSSR count). The highest BCUT2D eigenvalue weighted by Gasteiger charge is 2.04. The maximum atomic E-state index is 5.21. The Hall–Kier alpha value is 1.00. The summed E-state index contributed by atoms with van der Waals surface area (Å²) in [6.07, 6.45) is 1.25. The Morgan fingerprint density at radius 3 is 2.67 bits per heavy atom. The van der Waals surface area contributed by atoms with E-state index in [1.54, 1.807) is 7.11 Å². The summed E-state index contributed by atoms with van der Waals surface area (Å²) in [6, 6.07) is 0. The van der Waals surface area contributed by atoms with Gasteiger partial charge in [-0.05, 0) is 6.42 Å². The van der Waals surface area contributed by atoms with Crippen molar-refractivity contribution in [3.05, 3.63) is 0 Å². The minimum atomic E-state index is 0.247. The molecule has 0 aromatic carbocycles. The molecule has 1 unspecified atom stereocenters. The van der Waals surface area contributed by atoms with E-state index < -0.39 is 0 Å². The van der Waals surface area contributed by atoms with Crippen LogP contribution in [-0.4, -0.2) is 19.8 Å². The average molecular weight is 262 g/mol. The highest BCUT2D eigenvalue weighted by Crippen LogP contribution is 2.17. The van der Waals surface area contributed by atoms with Gasteiger partial charge in [0.2, 0.25) is 0 Å². The SMILES string of the molecule is CCC(COC)OSI. The molecular formula is C5H11IO2S. The van der Waals surface area contributed by atoms with Crippen LogP contribution in [0.2, 0.25) is 0 Å². The van der Waals surface area contributed by atoms with Crippen LogP contribution in [0.3, 0.4) is 0 Å². The van der Waals surface area contributed by atoms with Crippen LogP contribution in [0.5, 0.6) is 0 Å². The summed E-state index contributed by atoms with van der Waals surface area (Å²) in [7, 11) is 3.05. The summed E-state index contributed by atoms with van der Waals surface area (Å²) < 4.78 is 10.1. The van der Waals surface area contributed by atoms with E-state index in [4.69, 9.17) is 8.92 Å². The Labute approximate surface area is 72.5 Å². The maximum Gasteiger partial charge on any atom is 0.0962 e. The van der Waals surface area contributed by atoms with Crippen molar-refractivity contribution >= 4 is 30.4 Å². The van der Waals surface area contributed by atoms with Gasteiger partial charge in [-0.25, -0.2) is 0 Å². The van der Waals surface area contributed by atoms with Crippen LogP contribution >= 0.6 is 30.4 Å². The fourth-order valence-corrected chi connectivity index (χ4v) is 1.63. The third-order valence-electron chi connectivity index (χ3n) is 0.980. The molecule has 1 atom stereocenters. The maximum absolute atomic E-state index is 5.21. The van der Waals surface area contributed by atoms with E-state index in [0.29, 0.717) is 6.61 Å². The summed E-state index contributed by atoms with van der Waals surface area (Å²) in [4.78, 5) is 0. The Bertz CT molecular complexity index is 56.9. The van der Waals surface area contributed by atoms with Crippen LogP contribution in [0.4, 0.5) is 0 Å². The Morgan fingerprint density at radius 2 is 2.33 bits per heavy atom. The third kappa shape index (κ3) is 5.44. The summed E-state index contributed by atoms with van der Waals surface area (Å²) in [5, 5.41) is 0. The lowest BCUT2D eigenvalue weighted by molar-refractivity contribution is 0.0946. The van der Waals surface area contributed by atoms with Crippen molar-refractivity contribution in [2.75, 3.05) is 13.7 Å². The molecule has 0 spiro atoms. The van der Waals surface area contributed by atoms with Crippen LogP contribution in [-0.2, 0) is 8.92 Å². The van der Waals surface area contributed by atoms with Gasteiger partial charge in [0.1, 0.15) is 0 Å². The van der Waals surface area contributed by atoms with Gasteiger partial charge in [-0.15, -0.1) is 0 Å². The van der Waals surface area contributed by atoms with Crippen molar-refractivity contribution in [1.29, 1.82) is 0 Å². The fraction of sp³-hybridized carbons (Fsp3) is 1.00. The van der Waals surface area contributed by atoms with Gasteiger partial charge in [0.15, 0.2) is 0 Å². The molecule has 0 aromatic rings. The zero-order valence-corrected chi connectivity index (χ0v) is 8.57. The molecule has 56 valence electrons.